The molecule has 0 fully saturated rings. The van der Waals surface area contributed by atoms with E-state index in [4.69, 9.17) is 0 Å². The molecule has 0 bridgehead atoms. The van der Waals surface area contributed by atoms with E-state index in [9.17, 15) is 92.0 Å². The number of alkyl halides is 18. The molecule has 0 heterocycles. The predicted molar refractivity (Wildman–Crippen MR) is 65.0 cm³/mol. The van der Waals surface area contributed by atoms with E-state index >= 15 is 0 Å². The summed E-state index contributed by atoms with van der Waals surface area (Å²) in [6.07, 6.45) is -20.8. The maximum atomic E-state index is 13.4. The average Bonchev–Trinajstić information content (AvgIpc) is 2.63. The van der Waals surface area contributed by atoms with Gasteiger partial charge in [-0.1, -0.05) is 0 Å². The van der Waals surface area contributed by atoms with Crippen molar-refractivity contribution in [3.63, 3.8) is 0 Å². The zero-order chi connectivity index (χ0) is 27.4. The summed E-state index contributed by atoms with van der Waals surface area (Å²) in [6, 6.07) is 0. The topological polar surface area (TPSA) is 57.2 Å². The molecular formula is C11H5F18KO3S. The number of hydrogen-bond donors (Lipinski definition) is 0. The number of rotatable bonds is 11. The standard InChI is InChI=1S/C11H6F18O3S.K/c12-1(2(13)4(15)16)3(14)6(18,19)8(22,23)10(26,27)11(28,29)9(24,25)7(20,21)5(17)33(30,31)32;/h1-5H,(H,30,31,32);/q;+1/p-1. The van der Waals surface area contributed by atoms with E-state index in [1.54, 1.807) is 0 Å². The molecule has 0 radical (unpaired) electrons. The van der Waals surface area contributed by atoms with Crippen molar-refractivity contribution >= 4 is 10.1 Å². The molecule has 34 heavy (non-hydrogen) atoms. The third kappa shape index (κ3) is 5.58. The maximum Gasteiger partial charge on any atom is 1.00 e. The summed E-state index contributed by atoms with van der Waals surface area (Å²) in [6.45, 7) is 0. The molecule has 0 N–H and O–H groups in total. The van der Waals surface area contributed by atoms with Gasteiger partial charge >= 0.3 is 86.9 Å². The van der Waals surface area contributed by atoms with Crippen LogP contribution in [0.3, 0.4) is 0 Å². The summed E-state index contributed by atoms with van der Waals surface area (Å²) < 4.78 is 264. The van der Waals surface area contributed by atoms with E-state index in [0.717, 1.165) is 0 Å². The first-order valence-corrected chi connectivity index (χ1v) is 8.61. The third-order valence-electron chi connectivity index (χ3n) is 3.73. The van der Waals surface area contributed by atoms with E-state index in [-0.39, 0.29) is 51.4 Å². The fourth-order valence-corrected chi connectivity index (χ4v) is 2.32. The first kappa shape index (κ1) is 36.4. The van der Waals surface area contributed by atoms with Crippen LogP contribution in [-0.4, -0.2) is 78.9 Å². The second-order valence-electron chi connectivity index (χ2n) is 5.98. The average molecular weight is 598 g/mol. The van der Waals surface area contributed by atoms with Crippen LogP contribution in [0.5, 0.6) is 0 Å². The van der Waals surface area contributed by atoms with Gasteiger partial charge in [-0.2, -0.15) is 52.7 Å². The molecule has 0 aliphatic heterocycles. The Hall–Kier alpha value is 0.286. The summed E-state index contributed by atoms with van der Waals surface area (Å²) in [5.74, 6) is -50.0. The first-order chi connectivity index (χ1) is 14.1. The normalized spacial score (nSPS) is 18.8. The zero-order valence-corrected chi connectivity index (χ0v) is 19.3. The van der Waals surface area contributed by atoms with Crippen molar-refractivity contribution in [2.75, 3.05) is 0 Å². The van der Waals surface area contributed by atoms with Gasteiger partial charge in [0.25, 0.3) is 11.9 Å². The van der Waals surface area contributed by atoms with Gasteiger partial charge in [0, 0.05) is 0 Å². The van der Waals surface area contributed by atoms with Gasteiger partial charge in [-0.3, -0.25) is 0 Å². The van der Waals surface area contributed by atoms with Crippen LogP contribution in [-0.2, 0) is 10.1 Å². The minimum Gasteiger partial charge on any atom is -0.746 e. The van der Waals surface area contributed by atoms with E-state index in [0.29, 0.717) is 0 Å². The fraction of sp³-hybridized carbons (Fsp3) is 1.00. The molecule has 0 saturated carbocycles. The van der Waals surface area contributed by atoms with Crippen molar-refractivity contribution < 1.29 is 143 Å². The predicted octanol–water partition coefficient (Wildman–Crippen LogP) is 1.92. The summed E-state index contributed by atoms with van der Waals surface area (Å²) in [5.41, 5.74) is -6.07. The Balaban J connectivity index is 0. The number of hydrogen-bond acceptors (Lipinski definition) is 3. The van der Waals surface area contributed by atoms with Gasteiger partial charge in [0.05, 0.1) is 0 Å². The molecule has 4 atom stereocenters. The molecule has 0 aromatic rings. The van der Waals surface area contributed by atoms with Crippen LogP contribution in [0.1, 0.15) is 0 Å². The largest absolute Gasteiger partial charge is 1.00 e. The third-order valence-corrected chi connectivity index (χ3v) is 4.53. The molecular weight excluding hydrogens is 593 g/mol. The summed E-state index contributed by atoms with van der Waals surface area (Å²) in [5, 5.41) is 0. The molecule has 4 unspecified atom stereocenters. The maximum absolute atomic E-state index is 13.4. The minimum absolute atomic E-state index is 0. The molecule has 23 heteroatoms. The van der Waals surface area contributed by atoms with Crippen molar-refractivity contribution in [1.82, 2.24) is 0 Å². The molecule has 0 aliphatic rings. The second kappa shape index (κ2) is 10.6. The molecule has 0 aromatic carbocycles. The van der Waals surface area contributed by atoms with Crippen LogP contribution in [0, 0.1) is 0 Å². The SMILES string of the molecule is O=S(=O)([O-])C(F)C(F)(F)C(F)(F)C(F)(F)C(F)(F)C(F)(F)C(F)(F)C(F)C(F)C(F)C(F)F.[K+]. The van der Waals surface area contributed by atoms with Crippen molar-refractivity contribution in [3.8, 4) is 0 Å². The Kier molecular flexibility index (Phi) is 11.3. The van der Waals surface area contributed by atoms with Crippen molar-refractivity contribution in [2.45, 2.75) is 66.0 Å². The molecule has 0 rings (SSSR count). The summed E-state index contributed by atoms with van der Waals surface area (Å²) >= 11 is 0. The Labute approximate surface area is 218 Å². The van der Waals surface area contributed by atoms with E-state index < -0.39 is 76.1 Å². The monoisotopic (exact) mass is 598 g/mol. The minimum atomic E-state index is -8.70. The van der Waals surface area contributed by atoms with Gasteiger partial charge in [0.15, 0.2) is 12.3 Å². The van der Waals surface area contributed by atoms with Gasteiger partial charge in [-0.15, -0.1) is 0 Å². The quantitative estimate of drug-likeness (QED) is 0.208. The Morgan fingerprint density at radius 2 is 0.824 bits per heavy atom. The van der Waals surface area contributed by atoms with Crippen molar-refractivity contribution in [3.05, 3.63) is 0 Å². The second-order valence-corrected chi connectivity index (χ2v) is 7.38. The van der Waals surface area contributed by atoms with E-state index in [1.807, 2.05) is 0 Å². The smallest absolute Gasteiger partial charge is 0.746 e. The van der Waals surface area contributed by atoms with Crippen LogP contribution >= 0.6 is 0 Å². The molecule has 0 spiro atoms. The Morgan fingerprint density at radius 1 is 0.529 bits per heavy atom. The first-order valence-electron chi connectivity index (χ1n) is 7.14. The van der Waals surface area contributed by atoms with E-state index in [2.05, 4.69) is 0 Å². The van der Waals surface area contributed by atoms with Gasteiger partial charge in [-0.05, 0) is 0 Å². The van der Waals surface area contributed by atoms with Gasteiger partial charge in [0.2, 0.25) is 6.17 Å². The van der Waals surface area contributed by atoms with E-state index in [1.165, 1.54) is 0 Å². The summed E-state index contributed by atoms with van der Waals surface area (Å²) in [7, 11) is -7.44. The van der Waals surface area contributed by atoms with Crippen LogP contribution in [0.25, 0.3) is 0 Å². The molecule has 0 aromatic heterocycles. The Bertz CT molecular complexity index is 801. The van der Waals surface area contributed by atoms with Crippen LogP contribution < -0.4 is 51.4 Å². The van der Waals surface area contributed by atoms with Gasteiger partial charge < -0.3 is 4.55 Å². The summed E-state index contributed by atoms with van der Waals surface area (Å²) in [4.78, 5) is 0. The molecule has 200 valence electrons. The van der Waals surface area contributed by atoms with Crippen LogP contribution in [0.4, 0.5) is 79.0 Å². The van der Waals surface area contributed by atoms with Gasteiger partial charge in [-0.25, -0.2) is 34.8 Å². The fourth-order valence-electron chi connectivity index (χ4n) is 1.81. The van der Waals surface area contributed by atoms with Crippen molar-refractivity contribution in [2.24, 2.45) is 0 Å². The Morgan fingerprint density at radius 3 is 1.09 bits per heavy atom. The van der Waals surface area contributed by atoms with Crippen LogP contribution in [0.2, 0.25) is 0 Å². The molecule has 3 nitrogen and oxygen atoms in total. The molecule has 0 amide bonds. The van der Waals surface area contributed by atoms with Gasteiger partial charge in [0.1, 0.15) is 10.1 Å². The zero-order valence-electron chi connectivity index (χ0n) is 15.3. The van der Waals surface area contributed by atoms with Crippen molar-refractivity contribution in [1.29, 1.82) is 0 Å². The molecule has 0 saturated heterocycles. The molecule has 0 aliphatic carbocycles. The van der Waals surface area contributed by atoms with Crippen LogP contribution in [0.15, 0.2) is 0 Å². The number of halogens is 18.